The van der Waals surface area contributed by atoms with Crippen LogP contribution >= 0.6 is 11.6 Å². The van der Waals surface area contributed by atoms with Crippen LogP contribution in [0.1, 0.15) is 23.2 Å². The lowest BCUT2D eigenvalue weighted by molar-refractivity contribution is 0.0784. The fourth-order valence-corrected chi connectivity index (χ4v) is 2.48. The van der Waals surface area contributed by atoms with Crippen LogP contribution in [0.15, 0.2) is 18.2 Å². The summed E-state index contributed by atoms with van der Waals surface area (Å²) < 4.78 is 0. The molecule has 1 aromatic carbocycles. The second kappa shape index (κ2) is 5.59. The Labute approximate surface area is 111 Å². The van der Waals surface area contributed by atoms with Gasteiger partial charge in [-0.1, -0.05) is 11.6 Å². The molecule has 5 heteroatoms. The highest BCUT2D eigenvalue weighted by Gasteiger charge is 2.27. The molecule has 1 heterocycles. The van der Waals surface area contributed by atoms with E-state index in [9.17, 15) is 9.90 Å². The van der Waals surface area contributed by atoms with Gasteiger partial charge in [0.2, 0.25) is 0 Å². The highest BCUT2D eigenvalue weighted by atomic mass is 35.5. The number of benzene rings is 1. The van der Waals surface area contributed by atoms with E-state index in [1.54, 1.807) is 4.90 Å². The van der Waals surface area contributed by atoms with Crippen LogP contribution in [-0.2, 0) is 0 Å². The van der Waals surface area contributed by atoms with Gasteiger partial charge in [-0.3, -0.25) is 4.79 Å². The number of aliphatic hydroxyl groups is 1. The fraction of sp³-hybridized carbons (Fsp3) is 0.462. The van der Waals surface area contributed by atoms with Gasteiger partial charge in [-0.05, 0) is 37.0 Å². The Morgan fingerprint density at radius 2 is 2.28 bits per heavy atom. The summed E-state index contributed by atoms with van der Waals surface area (Å²) in [7, 11) is 0. The molecule has 98 valence electrons. The predicted octanol–water partition coefficient (Wildman–Crippen LogP) is 1.89. The zero-order valence-electron chi connectivity index (χ0n) is 9.97. The fourth-order valence-electron chi connectivity index (χ4n) is 2.28. The molecule has 1 atom stereocenters. The largest absolute Gasteiger partial charge is 0.508 e. The molecule has 0 bridgehead atoms. The molecule has 0 saturated carbocycles. The van der Waals surface area contributed by atoms with Crippen LogP contribution in [0.3, 0.4) is 0 Å². The standard InChI is InChI=1S/C13H16ClNO3/c14-12-2-1-10(17)7-11(12)13(18)15-5-3-9(8-15)4-6-16/h1-2,7,9,16-17H,3-6,8H2. The van der Waals surface area contributed by atoms with Gasteiger partial charge in [0.05, 0.1) is 10.6 Å². The highest BCUT2D eigenvalue weighted by molar-refractivity contribution is 6.33. The first kappa shape index (κ1) is 13.2. The van der Waals surface area contributed by atoms with Crippen LogP contribution in [0.4, 0.5) is 0 Å². The van der Waals surface area contributed by atoms with Gasteiger partial charge in [-0.2, -0.15) is 0 Å². The van der Waals surface area contributed by atoms with Gasteiger partial charge < -0.3 is 15.1 Å². The zero-order valence-corrected chi connectivity index (χ0v) is 10.7. The van der Waals surface area contributed by atoms with E-state index in [1.807, 2.05) is 0 Å². The van der Waals surface area contributed by atoms with E-state index in [2.05, 4.69) is 0 Å². The number of aromatic hydroxyl groups is 1. The Bertz CT molecular complexity index is 450. The van der Waals surface area contributed by atoms with Crippen LogP contribution in [0.2, 0.25) is 5.02 Å². The summed E-state index contributed by atoms with van der Waals surface area (Å²) >= 11 is 5.97. The van der Waals surface area contributed by atoms with E-state index >= 15 is 0 Å². The maximum atomic E-state index is 12.2. The maximum Gasteiger partial charge on any atom is 0.255 e. The lowest BCUT2D eigenvalue weighted by Crippen LogP contribution is -2.29. The van der Waals surface area contributed by atoms with E-state index in [-0.39, 0.29) is 18.3 Å². The molecule has 1 aliphatic heterocycles. The van der Waals surface area contributed by atoms with Gasteiger partial charge in [0.1, 0.15) is 5.75 Å². The van der Waals surface area contributed by atoms with Crippen LogP contribution in [0.5, 0.6) is 5.75 Å². The number of phenols is 1. The SMILES string of the molecule is O=C(c1cc(O)ccc1Cl)N1CCC(CCO)C1. The Balaban J connectivity index is 2.10. The molecule has 18 heavy (non-hydrogen) atoms. The number of halogens is 1. The zero-order chi connectivity index (χ0) is 13.1. The van der Waals surface area contributed by atoms with E-state index in [4.69, 9.17) is 16.7 Å². The number of hydrogen-bond acceptors (Lipinski definition) is 3. The molecule has 0 aromatic heterocycles. The molecule has 1 saturated heterocycles. The van der Waals surface area contributed by atoms with Crippen molar-refractivity contribution in [1.29, 1.82) is 0 Å². The molecule has 1 aromatic rings. The second-order valence-electron chi connectivity index (χ2n) is 4.58. The molecular formula is C13H16ClNO3. The molecular weight excluding hydrogens is 254 g/mol. The molecule has 1 aliphatic rings. The quantitative estimate of drug-likeness (QED) is 0.881. The van der Waals surface area contributed by atoms with Crippen LogP contribution < -0.4 is 0 Å². The third-order valence-electron chi connectivity index (χ3n) is 3.29. The van der Waals surface area contributed by atoms with Crippen molar-refractivity contribution in [2.45, 2.75) is 12.8 Å². The number of rotatable bonds is 3. The lowest BCUT2D eigenvalue weighted by Gasteiger charge is -2.17. The second-order valence-corrected chi connectivity index (χ2v) is 4.99. The lowest BCUT2D eigenvalue weighted by atomic mass is 10.1. The first-order valence-electron chi connectivity index (χ1n) is 6.00. The third kappa shape index (κ3) is 2.76. The van der Waals surface area contributed by atoms with Gasteiger partial charge in [0.15, 0.2) is 0 Å². The summed E-state index contributed by atoms with van der Waals surface area (Å²) in [6.45, 7) is 1.47. The number of amides is 1. The number of hydrogen-bond donors (Lipinski definition) is 2. The number of nitrogens with zero attached hydrogens (tertiary/aromatic N) is 1. The molecule has 1 unspecified atom stereocenters. The van der Waals surface area contributed by atoms with E-state index < -0.39 is 0 Å². The minimum absolute atomic E-state index is 0.0360. The van der Waals surface area contributed by atoms with Crippen molar-refractivity contribution < 1.29 is 15.0 Å². The topological polar surface area (TPSA) is 60.8 Å². The molecule has 2 N–H and O–H groups in total. The smallest absolute Gasteiger partial charge is 0.255 e. The minimum atomic E-state index is -0.156. The first-order chi connectivity index (χ1) is 8.61. The predicted molar refractivity (Wildman–Crippen MR) is 68.8 cm³/mol. The van der Waals surface area contributed by atoms with Crippen LogP contribution in [-0.4, -0.2) is 40.7 Å². The molecule has 2 rings (SSSR count). The van der Waals surface area contributed by atoms with Crippen molar-refractivity contribution >= 4 is 17.5 Å². The summed E-state index contributed by atoms with van der Waals surface area (Å²) in [6, 6.07) is 4.37. The van der Waals surface area contributed by atoms with Crippen LogP contribution in [0, 0.1) is 5.92 Å². The number of phenolic OH excluding ortho intramolecular Hbond substituents is 1. The van der Waals surface area contributed by atoms with Crippen molar-refractivity contribution in [1.82, 2.24) is 4.90 Å². The Morgan fingerprint density at radius 3 is 3.00 bits per heavy atom. The molecule has 0 radical (unpaired) electrons. The molecule has 0 spiro atoms. The average molecular weight is 270 g/mol. The Kier molecular flexibility index (Phi) is 4.09. The number of carbonyl (C=O) groups excluding carboxylic acids is 1. The van der Waals surface area contributed by atoms with E-state index in [1.165, 1.54) is 18.2 Å². The number of likely N-dealkylation sites (tertiary alicyclic amines) is 1. The Hall–Kier alpha value is -1.26. The molecule has 4 nitrogen and oxygen atoms in total. The number of aliphatic hydroxyl groups excluding tert-OH is 1. The minimum Gasteiger partial charge on any atom is -0.508 e. The van der Waals surface area contributed by atoms with E-state index in [0.29, 0.717) is 29.6 Å². The monoisotopic (exact) mass is 269 g/mol. The first-order valence-corrected chi connectivity index (χ1v) is 6.38. The summed E-state index contributed by atoms with van der Waals surface area (Å²) in [5.41, 5.74) is 0.335. The Morgan fingerprint density at radius 1 is 1.50 bits per heavy atom. The normalized spacial score (nSPS) is 19.2. The summed E-state index contributed by atoms with van der Waals surface area (Å²) in [5.74, 6) is 0.236. The molecule has 1 fully saturated rings. The summed E-state index contributed by atoms with van der Waals surface area (Å²) in [5, 5.41) is 18.6. The summed E-state index contributed by atoms with van der Waals surface area (Å²) in [6.07, 6.45) is 1.63. The maximum absolute atomic E-state index is 12.2. The van der Waals surface area contributed by atoms with Gasteiger partial charge in [0.25, 0.3) is 5.91 Å². The van der Waals surface area contributed by atoms with Gasteiger partial charge in [0, 0.05) is 19.7 Å². The molecule has 0 aliphatic carbocycles. The van der Waals surface area contributed by atoms with Crippen molar-refractivity contribution in [3.63, 3.8) is 0 Å². The summed E-state index contributed by atoms with van der Waals surface area (Å²) in [4.78, 5) is 14.0. The van der Waals surface area contributed by atoms with Gasteiger partial charge in [-0.15, -0.1) is 0 Å². The number of carbonyl (C=O) groups is 1. The van der Waals surface area contributed by atoms with Crippen molar-refractivity contribution in [3.8, 4) is 5.75 Å². The third-order valence-corrected chi connectivity index (χ3v) is 3.62. The average Bonchev–Trinajstić information content (AvgIpc) is 2.80. The van der Waals surface area contributed by atoms with Crippen molar-refractivity contribution in [3.05, 3.63) is 28.8 Å². The van der Waals surface area contributed by atoms with Gasteiger partial charge in [-0.25, -0.2) is 0 Å². The van der Waals surface area contributed by atoms with Crippen molar-refractivity contribution in [2.75, 3.05) is 19.7 Å². The van der Waals surface area contributed by atoms with E-state index in [0.717, 1.165) is 12.8 Å². The molecule has 1 amide bonds. The van der Waals surface area contributed by atoms with Gasteiger partial charge >= 0.3 is 0 Å². The van der Waals surface area contributed by atoms with Crippen molar-refractivity contribution in [2.24, 2.45) is 5.92 Å². The van der Waals surface area contributed by atoms with Crippen LogP contribution in [0.25, 0.3) is 0 Å². The highest BCUT2D eigenvalue weighted by Crippen LogP contribution is 2.26.